The van der Waals surface area contributed by atoms with Gasteiger partial charge in [0.1, 0.15) is 6.26 Å². The maximum atomic E-state index is 13.2. The minimum atomic E-state index is -0.957. The lowest BCUT2D eigenvalue weighted by Gasteiger charge is -2.12. The molecule has 1 aliphatic heterocycles. The minimum Gasteiger partial charge on any atom is -0.481 e. The minimum absolute atomic E-state index is 0.211. The molecule has 0 saturated carbocycles. The smallest absolute Gasteiger partial charge is 0.307 e. The van der Waals surface area contributed by atoms with Crippen LogP contribution in [0.3, 0.4) is 0 Å². The van der Waals surface area contributed by atoms with E-state index in [0.29, 0.717) is 37.3 Å². The number of aromatic nitrogens is 1. The number of nitrogens with zero attached hydrogens (tertiary/aromatic N) is 2. The fourth-order valence-electron chi connectivity index (χ4n) is 2.55. The van der Waals surface area contributed by atoms with Crippen molar-refractivity contribution in [2.45, 2.75) is 13.0 Å². The average Bonchev–Trinajstić information content (AvgIpc) is 3.12. The molecule has 5 nitrogen and oxygen atoms in total. The molecule has 0 radical (unpaired) electrons. The first-order valence-corrected chi connectivity index (χ1v) is 6.88. The van der Waals surface area contributed by atoms with Crippen LogP contribution in [-0.4, -0.2) is 34.0 Å². The Bertz CT molecular complexity index is 702. The van der Waals surface area contributed by atoms with E-state index in [9.17, 15) is 13.6 Å². The second kappa shape index (κ2) is 5.84. The Hall–Kier alpha value is -2.28. The standard InChI is InChI=1S/C15H14F2N2O3/c16-12-2-1-9(5-13(12)17)14-18-11(8-22-14)7-19-4-3-10(6-19)15(20)21/h1-2,5,8,10H,3-4,6-7H2,(H,20,21). The van der Waals surface area contributed by atoms with Crippen LogP contribution in [0, 0.1) is 17.6 Å². The van der Waals surface area contributed by atoms with Crippen molar-refractivity contribution in [1.82, 2.24) is 9.88 Å². The van der Waals surface area contributed by atoms with Gasteiger partial charge in [-0.05, 0) is 31.2 Å². The second-order valence-corrected chi connectivity index (χ2v) is 5.33. The SMILES string of the molecule is O=C(O)C1CCN(Cc2coc(-c3ccc(F)c(F)c3)n2)C1. The van der Waals surface area contributed by atoms with Crippen molar-refractivity contribution in [2.75, 3.05) is 13.1 Å². The van der Waals surface area contributed by atoms with E-state index < -0.39 is 17.6 Å². The number of carbonyl (C=O) groups is 1. The van der Waals surface area contributed by atoms with Crippen LogP contribution in [0.2, 0.25) is 0 Å². The molecular weight excluding hydrogens is 294 g/mol. The Kier molecular flexibility index (Phi) is 3.89. The summed E-state index contributed by atoms with van der Waals surface area (Å²) in [6.45, 7) is 1.63. The van der Waals surface area contributed by atoms with Gasteiger partial charge in [0.15, 0.2) is 11.6 Å². The van der Waals surface area contributed by atoms with E-state index in [1.807, 2.05) is 4.90 Å². The third-order valence-corrected chi connectivity index (χ3v) is 3.73. The van der Waals surface area contributed by atoms with Gasteiger partial charge >= 0.3 is 5.97 Å². The number of hydrogen-bond acceptors (Lipinski definition) is 4. The summed E-state index contributed by atoms with van der Waals surface area (Å²) in [5.41, 5.74) is 0.987. The number of halogens is 2. The van der Waals surface area contributed by atoms with Crippen molar-refractivity contribution in [2.24, 2.45) is 5.92 Å². The normalized spacial score (nSPS) is 18.7. The molecule has 1 aromatic carbocycles. The molecule has 22 heavy (non-hydrogen) atoms. The molecule has 1 fully saturated rings. The number of rotatable bonds is 4. The van der Waals surface area contributed by atoms with Gasteiger partial charge in [0.05, 0.1) is 11.6 Å². The zero-order valence-electron chi connectivity index (χ0n) is 11.6. The van der Waals surface area contributed by atoms with E-state index in [2.05, 4.69) is 4.98 Å². The quantitative estimate of drug-likeness (QED) is 0.940. The first-order chi connectivity index (χ1) is 10.5. The monoisotopic (exact) mass is 308 g/mol. The lowest BCUT2D eigenvalue weighted by Crippen LogP contribution is -2.22. The number of likely N-dealkylation sites (tertiary alicyclic amines) is 1. The molecule has 7 heteroatoms. The van der Waals surface area contributed by atoms with Crippen LogP contribution in [0.1, 0.15) is 12.1 Å². The van der Waals surface area contributed by atoms with E-state index in [1.165, 1.54) is 12.3 Å². The predicted octanol–water partition coefficient (Wildman–Crippen LogP) is 2.53. The van der Waals surface area contributed by atoms with Crippen LogP contribution in [-0.2, 0) is 11.3 Å². The zero-order chi connectivity index (χ0) is 15.7. The molecule has 0 spiro atoms. The van der Waals surface area contributed by atoms with Crippen LogP contribution >= 0.6 is 0 Å². The molecule has 1 N–H and O–H groups in total. The lowest BCUT2D eigenvalue weighted by atomic mass is 10.1. The molecule has 2 aromatic rings. The molecular formula is C15H14F2N2O3. The van der Waals surface area contributed by atoms with Gasteiger partial charge in [0, 0.05) is 18.7 Å². The molecule has 1 atom stereocenters. The van der Waals surface area contributed by atoms with Gasteiger partial charge < -0.3 is 9.52 Å². The largest absolute Gasteiger partial charge is 0.481 e. The van der Waals surface area contributed by atoms with Crippen LogP contribution < -0.4 is 0 Å². The third kappa shape index (κ3) is 2.99. The topological polar surface area (TPSA) is 66.6 Å². The summed E-state index contributed by atoms with van der Waals surface area (Å²) in [6.07, 6.45) is 2.06. The van der Waals surface area contributed by atoms with E-state index in [1.54, 1.807) is 0 Å². The highest BCUT2D eigenvalue weighted by atomic mass is 19.2. The molecule has 3 rings (SSSR count). The molecule has 1 aromatic heterocycles. The summed E-state index contributed by atoms with van der Waals surface area (Å²) < 4.78 is 31.4. The summed E-state index contributed by atoms with van der Waals surface area (Å²) in [6, 6.07) is 3.44. The van der Waals surface area contributed by atoms with E-state index >= 15 is 0 Å². The van der Waals surface area contributed by atoms with Crippen molar-refractivity contribution >= 4 is 5.97 Å². The zero-order valence-corrected chi connectivity index (χ0v) is 11.6. The lowest BCUT2D eigenvalue weighted by molar-refractivity contribution is -0.141. The molecule has 0 amide bonds. The highest BCUT2D eigenvalue weighted by Crippen LogP contribution is 2.23. The number of benzene rings is 1. The van der Waals surface area contributed by atoms with Crippen molar-refractivity contribution in [3.8, 4) is 11.5 Å². The van der Waals surface area contributed by atoms with Crippen molar-refractivity contribution < 1.29 is 23.1 Å². The Labute approximate surface area is 125 Å². The van der Waals surface area contributed by atoms with Crippen LogP contribution in [0.15, 0.2) is 28.9 Å². The molecule has 1 saturated heterocycles. The van der Waals surface area contributed by atoms with Crippen molar-refractivity contribution in [3.05, 3.63) is 41.8 Å². The molecule has 1 aliphatic rings. The van der Waals surface area contributed by atoms with Gasteiger partial charge in [0.2, 0.25) is 5.89 Å². The number of carboxylic acid groups (broad SMARTS) is 1. The summed E-state index contributed by atoms with van der Waals surface area (Å²) >= 11 is 0. The Morgan fingerprint density at radius 1 is 1.41 bits per heavy atom. The van der Waals surface area contributed by atoms with Gasteiger partial charge in [-0.25, -0.2) is 13.8 Å². The maximum absolute atomic E-state index is 13.2. The Morgan fingerprint density at radius 3 is 2.91 bits per heavy atom. The molecule has 2 heterocycles. The van der Waals surface area contributed by atoms with Crippen molar-refractivity contribution in [3.63, 3.8) is 0 Å². The van der Waals surface area contributed by atoms with E-state index in [-0.39, 0.29) is 11.8 Å². The van der Waals surface area contributed by atoms with Crippen LogP contribution in [0.5, 0.6) is 0 Å². The fourth-order valence-corrected chi connectivity index (χ4v) is 2.55. The number of carboxylic acids is 1. The first-order valence-electron chi connectivity index (χ1n) is 6.88. The maximum Gasteiger partial charge on any atom is 0.307 e. The predicted molar refractivity (Wildman–Crippen MR) is 72.9 cm³/mol. The highest BCUT2D eigenvalue weighted by molar-refractivity contribution is 5.70. The molecule has 1 unspecified atom stereocenters. The van der Waals surface area contributed by atoms with Gasteiger partial charge in [-0.3, -0.25) is 9.69 Å². The summed E-state index contributed by atoms with van der Waals surface area (Å²) in [7, 11) is 0. The van der Waals surface area contributed by atoms with Crippen LogP contribution in [0.25, 0.3) is 11.5 Å². The second-order valence-electron chi connectivity index (χ2n) is 5.33. The van der Waals surface area contributed by atoms with Gasteiger partial charge in [0.25, 0.3) is 0 Å². The summed E-state index contributed by atoms with van der Waals surface area (Å²) in [5, 5.41) is 8.97. The first kappa shape index (κ1) is 14.6. The number of aliphatic carboxylic acids is 1. The van der Waals surface area contributed by atoms with Gasteiger partial charge in [-0.1, -0.05) is 0 Å². The van der Waals surface area contributed by atoms with E-state index in [4.69, 9.17) is 9.52 Å². The van der Waals surface area contributed by atoms with Crippen LogP contribution in [0.4, 0.5) is 8.78 Å². The Balaban J connectivity index is 1.69. The Morgan fingerprint density at radius 2 is 2.23 bits per heavy atom. The average molecular weight is 308 g/mol. The summed E-state index contributed by atoms with van der Waals surface area (Å²) in [4.78, 5) is 17.1. The van der Waals surface area contributed by atoms with E-state index in [0.717, 1.165) is 12.1 Å². The summed E-state index contributed by atoms with van der Waals surface area (Å²) in [5.74, 6) is -2.81. The number of oxazole rings is 1. The molecule has 0 aliphatic carbocycles. The number of hydrogen-bond donors (Lipinski definition) is 1. The molecule has 0 bridgehead atoms. The van der Waals surface area contributed by atoms with Gasteiger partial charge in [-0.15, -0.1) is 0 Å². The molecule has 116 valence electrons. The highest BCUT2D eigenvalue weighted by Gasteiger charge is 2.28. The fraction of sp³-hybridized carbons (Fsp3) is 0.333. The third-order valence-electron chi connectivity index (χ3n) is 3.73. The van der Waals surface area contributed by atoms with Gasteiger partial charge in [-0.2, -0.15) is 0 Å². The van der Waals surface area contributed by atoms with Crippen molar-refractivity contribution in [1.29, 1.82) is 0 Å².